The molecular formula is C24H26ClNO3. The molecule has 0 fully saturated rings. The topological polar surface area (TPSA) is 41.9 Å². The number of fused-ring (bicyclic) bond motifs is 1. The number of methoxy groups -OCH3 is 2. The Hall–Kier alpha value is -2.69. The molecule has 0 unspecified atom stereocenters. The fourth-order valence-corrected chi connectivity index (χ4v) is 3.79. The van der Waals surface area contributed by atoms with Crippen LogP contribution >= 0.6 is 12.4 Å². The van der Waals surface area contributed by atoms with Gasteiger partial charge in [0.15, 0.2) is 11.5 Å². The standard InChI is InChI=1S/C24H25NO3.ClH/c1-27-23-13-20-11-12-25(16-21(20)14-24(23)28-2)15-17-3-5-18(6-4-17)19-7-9-22(26)10-8-19;/h3-10,13-14,26H,11-12,15-16H2,1-2H3;1H. The number of phenolic OH excluding ortho intramolecular Hbond substituents is 1. The summed E-state index contributed by atoms with van der Waals surface area (Å²) in [4.78, 5) is 2.46. The monoisotopic (exact) mass is 411 g/mol. The van der Waals surface area contributed by atoms with Crippen molar-refractivity contribution >= 4 is 12.4 Å². The van der Waals surface area contributed by atoms with Crippen molar-refractivity contribution in [3.63, 3.8) is 0 Å². The average Bonchev–Trinajstić information content (AvgIpc) is 2.74. The lowest BCUT2D eigenvalue weighted by atomic mass is 9.98. The quantitative estimate of drug-likeness (QED) is 0.637. The number of benzene rings is 3. The van der Waals surface area contributed by atoms with E-state index in [1.54, 1.807) is 26.4 Å². The molecule has 0 aliphatic carbocycles. The molecule has 3 aromatic rings. The Balaban J connectivity index is 0.00000240. The van der Waals surface area contributed by atoms with Gasteiger partial charge in [0.2, 0.25) is 0 Å². The van der Waals surface area contributed by atoms with Gasteiger partial charge in [-0.05, 0) is 58.5 Å². The minimum Gasteiger partial charge on any atom is -0.508 e. The van der Waals surface area contributed by atoms with E-state index in [9.17, 15) is 5.11 Å². The van der Waals surface area contributed by atoms with Gasteiger partial charge in [-0.2, -0.15) is 0 Å². The maximum absolute atomic E-state index is 9.44. The van der Waals surface area contributed by atoms with E-state index in [0.717, 1.165) is 48.7 Å². The number of rotatable bonds is 5. The second-order valence-electron chi connectivity index (χ2n) is 7.18. The van der Waals surface area contributed by atoms with Crippen molar-refractivity contribution in [3.8, 4) is 28.4 Å². The van der Waals surface area contributed by atoms with Gasteiger partial charge in [0.1, 0.15) is 5.75 Å². The Morgan fingerprint density at radius 3 is 1.97 bits per heavy atom. The first kappa shape index (κ1) is 21.0. The number of halogens is 1. The first-order valence-corrected chi connectivity index (χ1v) is 9.51. The molecule has 0 aromatic heterocycles. The van der Waals surface area contributed by atoms with Crippen LogP contribution in [0.15, 0.2) is 60.7 Å². The molecule has 0 saturated carbocycles. The predicted molar refractivity (Wildman–Crippen MR) is 118 cm³/mol. The van der Waals surface area contributed by atoms with Crippen LogP contribution in [0.25, 0.3) is 11.1 Å². The van der Waals surface area contributed by atoms with Crippen molar-refractivity contribution in [2.24, 2.45) is 0 Å². The zero-order valence-corrected chi connectivity index (χ0v) is 17.5. The minimum absolute atomic E-state index is 0. The van der Waals surface area contributed by atoms with Gasteiger partial charge in [0.05, 0.1) is 14.2 Å². The van der Waals surface area contributed by atoms with Crippen LogP contribution in [0.2, 0.25) is 0 Å². The van der Waals surface area contributed by atoms with Crippen LogP contribution in [0, 0.1) is 0 Å². The lowest BCUT2D eigenvalue weighted by Gasteiger charge is -2.29. The van der Waals surface area contributed by atoms with E-state index in [2.05, 4.69) is 41.3 Å². The second kappa shape index (κ2) is 9.21. The van der Waals surface area contributed by atoms with Crippen molar-refractivity contribution in [2.45, 2.75) is 19.5 Å². The van der Waals surface area contributed by atoms with Crippen molar-refractivity contribution in [1.29, 1.82) is 0 Å². The summed E-state index contributed by atoms with van der Waals surface area (Å²) in [6.07, 6.45) is 1.02. The molecule has 0 amide bonds. The lowest BCUT2D eigenvalue weighted by molar-refractivity contribution is 0.244. The van der Waals surface area contributed by atoms with Gasteiger partial charge in [-0.3, -0.25) is 4.90 Å². The second-order valence-corrected chi connectivity index (χ2v) is 7.18. The van der Waals surface area contributed by atoms with Crippen molar-refractivity contribution in [2.75, 3.05) is 20.8 Å². The molecule has 1 aliphatic heterocycles. The van der Waals surface area contributed by atoms with Crippen molar-refractivity contribution in [3.05, 3.63) is 77.4 Å². The number of ether oxygens (including phenoxy) is 2. The van der Waals surface area contributed by atoms with Crippen LogP contribution in [0.1, 0.15) is 16.7 Å². The van der Waals surface area contributed by atoms with E-state index in [-0.39, 0.29) is 12.4 Å². The van der Waals surface area contributed by atoms with Gasteiger partial charge in [-0.15, -0.1) is 12.4 Å². The Morgan fingerprint density at radius 1 is 0.828 bits per heavy atom. The average molecular weight is 412 g/mol. The molecule has 1 N–H and O–H groups in total. The summed E-state index contributed by atoms with van der Waals surface area (Å²) in [7, 11) is 3.36. The van der Waals surface area contributed by atoms with Gasteiger partial charge in [-0.25, -0.2) is 0 Å². The van der Waals surface area contributed by atoms with E-state index in [0.29, 0.717) is 5.75 Å². The zero-order chi connectivity index (χ0) is 19.5. The van der Waals surface area contributed by atoms with Crippen LogP contribution in [-0.4, -0.2) is 30.8 Å². The van der Waals surface area contributed by atoms with E-state index in [4.69, 9.17) is 9.47 Å². The van der Waals surface area contributed by atoms with Crippen LogP contribution in [0.3, 0.4) is 0 Å². The fraction of sp³-hybridized carbons (Fsp3) is 0.250. The number of hydrogen-bond acceptors (Lipinski definition) is 4. The Bertz CT molecular complexity index is 955. The number of aromatic hydroxyl groups is 1. The molecule has 0 spiro atoms. The maximum atomic E-state index is 9.44. The first-order valence-electron chi connectivity index (χ1n) is 9.51. The fourth-order valence-electron chi connectivity index (χ4n) is 3.79. The van der Waals surface area contributed by atoms with Gasteiger partial charge < -0.3 is 14.6 Å². The van der Waals surface area contributed by atoms with Gasteiger partial charge in [-0.1, -0.05) is 36.4 Å². The molecule has 0 saturated heterocycles. The summed E-state index contributed by atoms with van der Waals surface area (Å²) in [6, 6.07) is 20.2. The highest BCUT2D eigenvalue weighted by molar-refractivity contribution is 5.85. The molecule has 29 heavy (non-hydrogen) atoms. The number of nitrogens with zero attached hydrogens (tertiary/aromatic N) is 1. The van der Waals surface area contributed by atoms with Gasteiger partial charge in [0.25, 0.3) is 0 Å². The summed E-state index contributed by atoms with van der Waals surface area (Å²) in [5.41, 5.74) is 6.22. The van der Waals surface area contributed by atoms with Crippen LogP contribution < -0.4 is 9.47 Å². The SMILES string of the molecule is COc1cc2c(cc1OC)CN(Cc1ccc(-c3ccc(O)cc3)cc1)CC2.Cl. The summed E-state index contributed by atoms with van der Waals surface area (Å²) < 4.78 is 10.9. The third-order valence-electron chi connectivity index (χ3n) is 5.36. The van der Waals surface area contributed by atoms with Gasteiger partial charge >= 0.3 is 0 Å². The molecular weight excluding hydrogens is 386 g/mol. The largest absolute Gasteiger partial charge is 0.508 e. The zero-order valence-electron chi connectivity index (χ0n) is 16.7. The number of phenols is 1. The normalized spacial score (nSPS) is 13.3. The molecule has 0 atom stereocenters. The molecule has 0 bridgehead atoms. The Kier molecular flexibility index (Phi) is 6.68. The van der Waals surface area contributed by atoms with Crippen LogP contribution in [0.5, 0.6) is 17.2 Å². The summed E-state index contributed by atoms with van der Waals surface area (Å²) in [6.45, 7) is 2.86. The summed E-state index contributed by atoms with van der Waals surface area (Å²) in [5, 5.41) is 9.44. The number of hydrogen-bond donors (Lipinski definition) is 1. The molecule has 3 aromatic carbocycles. The van der Waals surface area contributed by atoms with Crippen molar-refractivity contribution < 1.29 is 14.6 Å². The van der Waals surface area contributed by atoms with Crippen LogP contribution in [-0.2, 0) is 19.5 Å². The van der Waals surface area contributed by atoms with E-state index in [1.807, 2.05) is 12.1 Å². The summed E-state index contributed by atoms with van der Waals surface area (Å²) in [5.74, 6) is 1.89. The van der Waals surface area contributed by atoms with E-state index in [1.165, 1.54) is 16.7 Å². The van der Waals surface area contributed by atoms with Crippen LogP contribution in [0.4, 0.5) is 0 Å². The minimum atomic E-state index is 0. The molecule has 1 heterocycles. The van der Waals surface area contributed by atoms with E-state index >= 15 is 0 Å². The Morgan fingerprint density at radius 2 is 1.38 bits per heavy atom. The van der Waals surface area contributed by atoms with Crippen molar-refractivity contribution in [1.82, 2.24) is 4.90 Å². The molecule has 4 nitrogen and oxygen atoms in total. The maximum Gasteiger partial charge on any atom is 0.161 e. The van der Waals surface area contributed by atoms with E-state index < -0.39 is 0 Å². The third kappa shape index (κ3) is 4.66. The smallest absolute Gasteiger partial charge is 0.161 e. The molecule has 5 heteroatoms. The molecule has 0 radical (unpaired) electrons. The Labute approximate surface area is 178 Å². The molecule has 1 aliphatic rings. The third-order valence-corrected chi connectivity index (χ3v) is 5.36. The predicted octanol–water partition coefficient (Wildman–Crippen LogP) is 5.06. The highest BCUT2D eigenvalue weighted by atomic mass is 35.5. The van der Waals surface area contributed by atoms with Gasteiger partial charge in [0, 0.05) is 19.6 Å². The summed E-state index contributed by atoms with van der Waals surface area (Å²) >= 11 is 0. The highest BCUT2D eigenvalue weighted by Crippen LogP contribution is 2.33. The lowest BCUT2D eigenvalue weighted by Crippen LogP contribution is -2.30. The first-order chi connectivity index (χ1) is 13.7. The molecule has 152 valence electrons. The molecule has 4 rings (SSSR count). The highest BCUT2D eigenvalue weighted by Gasteiger charge is 2.19.